The predicted molar refractivity (Wildman–Crippen MR) is 76.3 cm³/mol. The fourth-order valence-electron chi connectivity index (χ4n) is 1.61. The van der Waals surface area contributed by atoms with Crippen LogP contribution in [-0.4, -0.2) is 15.9 Å². The number of nitriles is 1. The Morgan fingerprint density at radius 1 is 1.45 bits per heavy atom. The van der Waals surface area contributed by atoms with Gasteiger partial charge in [0.25, 0.3) is 5.91 Å². The van der Waals surface area contributed by atoms with Crippen molar-refractivity contribution in [3.8, 4) is 6.07 Å². The number of nitrogens with zero attached hydrogens (tertiary/aromatic N) is 3. The smallest absolute Gasteiger partial charge is 0.270 e. The molecule has 0 saturated heterocycles. The van der Waals surface area contributed by atoms with Gasteiger partial charge < -0.3 is 5.32 Å². The molecular weight excluding hydrogens is 272 g/mol. The summed E-state index contributed by atoms with van der Waals surface area (Å²) in [7, 11) is 0. The van der Waals surface area contributed by atoms with Crippen molar-refractivity contribution in [2.75, 3.05) is 0 Å². The molecule has 0 radical (unpaired) electrons. The summed E-state index contributed by atoms with van der Waals surface area (Å²) in [5, 5.41) is 12.4. The Balaban J connectivity index is 2.04. The Kier molecular flexibility index (Phi) is 4.43. The highest BCUT2D eigenvalue weighted by Gasteiger charge is 2.15. The van der Waals surface area contributed by atoms with Crippen LogP contribution in [-0.2, 0) is 6.42 Å². The molecule has 102 valence electrons. The summed E-state index contributed by atoms with van der Waals surface area (Å²) in [5.41, 5.74) is 0.727. The number of hydrogen-bond donors (Lipinski definition) is 1. The maximum Gasteiger partial charge on any atom is 0.270 e. The van der Waals surface area contributed by atoms with E-state index in [2.05, 4.69) is 22.2 Å². The highest BCUT2D eigenvalue weighted by Crippen LogP contribution is 2.20. The third-order valence-corrected chi connectivity index (χ3v) is 4.09. The van der Waals surface area contributed by atoms with E-state index in [1.807, 2.05) is 19.2 Å². The molecule has 0 bridgehead atoms. The fourth-order valence-corrected chi connectivity index (χ4v) is 2.47. The van der Waals surface area contributed by atoms with Crippen LogP contribution in [0.25, 0.3) is 0 Å². The van der Waals surface area contributed by atoms with Gasteiger partial charge in [0.05, 0.1) is 11.6 Å². The van der Waals surface area contributed by atoms with Gasteiger partial charge in [-0.25, -0.2) is 9.97 Å². The standard InChI is InChI=1S/C14H14N4OS/c1-3-11-8-17-14(20-11)9(2)18-13(19)12-5-4-10(6-15)7-16-12/h4-5,7-9H,3H2,1-2H3,(H,18,19). The average molecular weight is 286 g/mol. The van der Waals surface area contributed by atoms with E-state index in [1.165, 1.54) is 11.1 Å². The SMILES string of the molecule is CCc1cnc(C(C)NC(=O)c2ccc(C#N)cn2)s1. The van der Waals surface area contributed by atoms with Gasteiger partial charge in [0, 0.05) is 17.3 Å². The minimum atomic E-state index is -0.268. The topological polar surface area (TPSA) is 78.7 Å². The molecule has 0 aromatic carbocycles. The summed E-state index contributed by atoms with van der Waals surface area (Å²) >= 11 is 1.59. The molecule has 1 unspecified atom stereocenters. The van der Waals surface area contributed by atoms with E-state index < -0.39 is 0 Å². The van der Waals surface area contributed by atoms with Crippen LogP contribution in [0.5, 0.6) is 0 Å². The van der Waals surface area contributed by atoms with E-state index in [-0.39, 0.29) is 11.9 Å². The molecule has 2 aromatic rings. The summed E-state index contributed by atoms with van der Waals surface area (Å²) in [5.74, 6) is -0.268. The van der Waals surface area contributed by atoms with Gasteiger partial charge in [-0.3, -0.25) is 4.79 Å². The van der Waals surface area contributed by atoms with Crippen molar-refractivity contribution in [1.29, 1.82) is 5.26 Å². The van der Waals surface area contributed by atoms with Gasteiger partial charge in [0.1, 0.15) is 16.8 Å². The zero-order chi connectivity index (χ0) is 14.5. The maximum atomic E-state index is 12.0. The first-order chi connectivity index (χ1) is 9.63. The van der Waals surface area contributed by atoms with Crippen LogP contribution in [0.15, 0.2) is 24.5 Å². The fraction of sp³-hybridized carbons (Fsp3) is 0.286. The van der Waals surface area contributed by atoms with Crippen LogP contribution in [0, 0.1) is 11.3 Å². The molecule has 1 N–H and O–H groups in total. The van der Waals surface area contributed by atoms with Crippen LogP contribution < -0.4 is 5.32 Å². The second-order valence-electron chi connectivity index (χ2n) is 4.26. The van der Waals surface area contributed by atoms with Crippen molar-refractivity contribution in [3.63, 3.8) is 0 Å². The molecule has 1 amide bonds. The minimum Gasteiger partial charge on any atom is -0.342 e. The first-order valence-electron chi connectivity index (χ1n) is 6.25. The third-order valence-electron chi connectivity index (χ3n) is 2.76. The molecule has 1 atom stereocenters. The number of hydrogen-bond acceptors (Lipinski definition) is 5. The number of rotatable bonds is 4. The Hall–Kier alpha value is -2.26. The quantitative estimate of drug-likeness (QED) is 0.936. The zero-order valence-corrected chi connectivity index (χ0v) is 12.1. The number of carbonyl (C=O) groups excluding carboxylic acids is 1. The Labute approximate surface area is 121 Å². The largest absolute Gasteiger partial charge is 0.342 e. The van der Waals surface area contributed by atoms with Gasteiger partial charge in [0.2, 0.25) is 0 Å². The number of pyridine rings is 1. The molecule has 2 rings (SSSR count). The maximum absolute atomic E-state index is 12.0. The molecule has 0 spiro atoms. The van der Waals surface area contributed by atoms with Crippen molar-refractivity contribution < 1.29 is 4.79 Å². The first kappa shape index (κ1) is 14.2. The van der Waals surface area contributed by atoms with Gasteiger partial charge in [-0.05, 0) is 25.5 Å². The molecule has 2 aromatic heterocycles. The van der Waals surface area contributed by atoms with Crippen molar-refractivity contribution in [1.82, 2.24) is 15.3 Å². The molecule has 20 heavy (non-hydrogen) atoms. The number of amides is 1. The highest BCUT2D eigenvalue weighted by molar-refractivity contribution is 7.11. The van der Waals surface area contributed by atoms with Crippen molar-refractivity contribution >= 4 is 17.2 Å². The molecule has 2 heterocycles. The molecule has 0 aliphatic heterocycles. The molecule has 6 heteroatoms. The first-order valence-corrected chi connectivity index (χ1v) is 7.07. The predicted octanol–water partition coefficient (Wildman–Crippen LogP) is 2.46. The van der Waals surface area contributed by atoms with Crippen molar-refractivity contribution in [2.45, 2.75) is 26.3 Å². The summed E-state index contributed by atoms with van der Waals surface area (Å²) in [4.78, 5) is 21.5. The van der Waals surface area contributed by atoms with E-state index in [0.29, 0.717) is 11.3 Å². The van der Waals surface area contributed by atoms with Crippen LogP contribution in [0.4, 0.5) is 0 Å². The normalized spacial score (nSPS) is 11.7. The Morgan fingerprint density at radius 3 is 2.80 bits per heavy atom. The van der Waals surface area contributed by atoms with Gasteiger partial charge >= 0.3 is 0 Å². The van der Waals surface area contributed by atoms with Crippen LogP contribution in [0.3, 0.4) is 0 Å². The van der Waals surface area contributed by atoms with Gasteiger partial charge in [-0.1, -0.05) is 6.92 Å². The summed E-state index contributed by atoms with van der Waals surface area (Å²) in [6.07, 6.45) is 4.16. The van der Waals surface area contributed by atoms with E-state index in [9.17, 15) is 4.79 Å². The van der Waals surface area contributed by atoms with Gasteiger partial charge in [0.15, 0.2) is 0 Å². The Bertz CT molecular complexity index is 642. The van der Waals surface area contributed by atoms with E-state index in [4.69, 9.17) is 5.26 Å². The third kappa shape index (κ3) is 3.19. The lowest BCUT2D eigenvalue weighted by atomic mass is 10.2. The number of aromatic nitrogens is 2. The van der Waals surface area contributed by atoms with Gasteiger partial charge in [-0.15, -0.1) is 11.3 Å². The van der Waals surface area contributed by atoms with Crippen LogP contribution in [0.2, 0.25) is 0 Å². The molecule has 5 nitrogen and oxygen atoms in total. The number of carbonyl (C=O) groups is 1. The lowest BCUT2D eigenvalue weighted by Crippen LogP contribution is -2.27. The van der Waals surface area contributed by atoms with E-state index in [0.717, 1.165) is 11.4 Å². The second-order valence-corrected chi connectivity index (χ2v) is 5.40. The molecule has 0 aliphatic rings. The van der Waals surface area contributed by atoms with E-state index in [1.54, 1.807) is 23.5 Å². The lowest BCUT2D eigenvalue weighted by Gasteiger charge is -2.10. The summed E-state index contributed by atoms with van der Waals surface area (Å²) in [6.45, 7) is 3.96. The monoisotopic (exact) mass is 286 g/mol. The van der Waals surface area contributed by atoms with Crippen LogP contribution >= 0.6 is 11.3 Å². The zero-order valence-electron chi connectivity index (χ0n) is 11.3. The van der Waals surface area contributed by atoms with Crippen LogP contribution in [0.1, 0.15) is 45.8 Å². The number of nitrogens with one attached hydrogen (secondary N) is 1. The second kappa shape index (κ2) is 6.26. The van der Waals surface area contributed by atoms with E-state index >= 15 is 0 Å². The average Bonchev–Trinajstić information content (AvgIpc) is 2.96. The molecule has 0 fully saturated rings. The highest BCUT2D eigenvalue weighted by atomic mass is 32.1. The minimum absolute atomic E-state index is 0.162. The summed E-state index contributed by atoms with van der Waals surface area (Å²) in [6, 6.07) is 4.92. The number of aryl methyl sites for hydroxylation is 1. The molecule has 0 aliphatic carbocycles. The van der Waals surface area contributed by atoms with Gasteiger partial charge in [-0.2, -0.15) is 5.26 Å². The van der Waals surface area contributed by atoms with Crippen molar-refractivity contribution in [2.24, 2.45) is 0 Å². The van der Waals surface area contributed by atoms with Crippen molar-refractivity contribution in [3.05, 3.63) is 45.7 Å². The Morgan fingerprint density at radius 2 is 2.25 bits per heavy atom. The molecule has 0 saturated carbocycles. The summed E-state index contributed by atoms with van der Waals surface area (Å²) < 4.78 is 0. The number of thiazole rings is 1. The lowest BCUT2D eigenvalue weighted by molar-refractivity contribution is 0.0935. The molecular formula is C14H14N4OS.